The number of ether oxygens (including phenoxy) is 1. The number of phenols is 3. The summed E-state index contributed by atoms with van der Waals surface area (Å²) in [6.07, 6.45) is 27.5. The number of carbonyl (C=O) groups is 1. The summed E-state index contributed by atoms with van der Waals surface area (Å²) < 4.78 is 5.90. The number of Topliss-reactive ketones (excluding diaryl/α,β-unsaturated/α-hetero) is 1. The minimum atomic E-state index is -1.77. The molecule has 1 aliphatic heterocycles. The molecule has 0 aromatic heterocycles. The maximum absolute atomic E-state index is 18.0. The van der Waals surface area contributed by atoms with Crippen molar-refractivity contribution in [2.75, 3.05) is 7.11 Å². The van der Waals surface area contributed by atoms with Crippen LogP contribution in [0.1, 0.15) is 190 Å². The molecule has 1 heterocycles. The Morgan fingerprint density at radius 2 is 1.64 bits per heavy atom. The third-order valence-corrected chi connectivity index (χ3v) is 30.3. The first-order valence-electron chi connectivity index (χ1n) is 35.6. The number of phenolic OH excluding ortho intramolecular Hbond substituents is 3. The second kappa shape index (κ2) is 18.5. The minimum Gasteiger partial charge on any atom is -0.504 e. The first-order valence-corrected chi connectivity index (χ1v) is 35.6. The lowest BCUT2D eigenvalue weighted by molar-refractivity contribution is -0.262. The number of fused-ring (bicyclic) bond motifs is 7. The predicted molar refractivity (Wildman–Crippen MR) is 347 cm³/mol. The monoisotopic (exact) mass is 1230 g/mol. The van der Waals surface area contributed by atoms with E-state index in [1.54, 1.807) is 12.1 Å². The third-order valence-electron chi connectivity index (χ3n) is 30.3. The first kappa shape index (κ1) is 56.0. The maximum atomic E-state index is 18.0. The molecule has 21 unspecified atom stereocenters. The molecule has 4 aromatic rings. The molecule has 1 saturated heterocycles. The number of nitrogens with one attached hydrogen (secondary N) is 1. The number of ketones is 1. The Labute approximate surface area is 539 Å². The summed E-state index contributed by atoms with van der Waals surface area (Å²) in [6.45, 7) is -0.400. The second-order valence-electron chi connectivity index (χ2n) is 32.9. The zero-order valence-electron chi connectivity index (χ0n) is 52.8. The van der Waals surface area contributed by atoms with Crippen LogP contribution in [0.15, 0.2) is 114 Å². The van der Waals surface area contributed by atoms with Crippen LogP contribution in [0.5, 0.6) is 23.0 Å². The van der Waals surface area contributed by atoms with Crippen LogP contribution in [0.4, 0.5) is 0 Å². The number of allylic oxidation sites excluding steroid dienone is 6. The van der Waals surface area contributed by atoms with E-state index in [2.05, 4.69) is 83.6 Å². The van der Waals surface area contributed by atoms with Gasteiger partial charge in [-0.3, -0.25) is 4.79 Å². The molecule has 10 heteroatoms. The lowest BCUT2D eigenvalue weighted by atomic mass is 9.23. The van der Waals surface area contributed by atoms with Crippen molar-refractivity contribution in [3.8, 4) is 46.7 Å². The van der Waals surface area contributed by atoms with Gasteiger partial charge in [-0.25, -0.2) is 0 Å². The lowest BCUT2D eigenvalue weighted by Gasteiger charge is -2.82. The molecule has 0 radical (unpaired) electrons. The molecule has 472 valence electrons. The minimum absolute atomic E-state index is 0.00325. The number of rotatable bonds is 5. The van der Waals surface area contributed by atoms with E-state index < -0.39 is 87.7 Å². The number of hydrogen-bond donors (Lipinski definition) is 8. The van der Waals surface area contributed by atoms with Crippen LogP contribution in [0.2, 0.25) is 0 Å². The SMILES string of the molecule is COc1cc(C2CC(=O)C3C4C=CC56C#CCC7NC89CCC3(O)C(C7C#CC2Cc2ccccc2)C82c3cc(O)c(O)cc3C3CC2C27CC38CCCC8C=C2C2CC(O)C(=CC2=CC7C9)Cc2cc4c5c(c2)C2(CCCC23CCCC3)CC6O)c(CO)cc1O. The Bertz CT molecular complexity index is 4240. The second-order valence-corrected chi connectivity index (χ2v) is 32.9. The Morgan fingerprint density at radius 1 is 0.804 bits per heavy atom. The molecule has 19 bridgehead atoms. The number of aliphatic hydroxyl groups excluding tert-OH is 3. The standard InChI is InChI=1S/C82H85NO9/c1-92-69-37-55(49(42-84)32-67(69)88)54-34-68(89)73-52-16-23-76-20-8-13-63-53(15-14-46(54)26-44-10-3-2-4-11-44)74-81(73,91)25-24-79(83-63)40-51-31-47-30-48(27-45-28-57(52)72(76)62(29-45)78(41-71(76)90)22-9-19-75(78)17-5-6-18-75)64(85)35-56(47)60-33-50-12-7-21-77(50)43-80(51,60)70-39-59(77)58-36-65(86)66(87)38-61(58)82(70,74)79/h2-4,10-11,16,23,28-33,36-38,46,50-54,56,59,63-64,70-71,73-74,83-88,90-91H,5-7,9,12-13,17-19,21-22,24-27,34-35,39-43H2,1H3. The smallest absolute Gasteiger partial charge is 0.160 e. The van der Waals surface area contributed by atoms with E-state index in [4.69, 9.17) is 4.74 Å². The fraction of sp³-hybridized carbons (Fsp3) is 0.549. The van der Waals surface area contributed by atoms with Gasteiger partial charge in [0.2, 0.25) is 0 Å². The van der Waals surface area contributed by atoms with Gasteiger partial charge in [0.1, 0.15) is 11.2 Å². The number of methoxy groups -OCH3 is 1. The molecule has 21 atom stereocenters. The predicted octanol–water partition coefficient (Wildman–Crippen LogP) is 12.0. The van der Waals surface area contributed by atoms with Crippen molar-refractivity contribution in [3.05, 3.63) is 164 Å². The summed E-state index contributed by atoms with van der Waals surface area (Å²) in [5, 5.41) is 95.4. The molecule has 7 fully saturated rings. The van der Waals surface area contributed by atoms with Gasteiger partial charge in [-0.05, 0) is 216 Å². The normalized spacial score (nSPS) is 44.4. The summed E-state index contributed by atoms with van der Waals surface area (Å²) in [4.78, 5) is 18.0. The van der Waals surface area contributed by atoms with Crippen LogP contribution in [0, 0.1) is 87.3 Å². The van der Waals surface area contributed by atoms with Gasteiger partial charge < -0.3 is 45.8 Å². The molecule has 18 aliphatic rings. The van der Waals surface area contributed by atoms with Crippen LogP contribution >= 0.6 is 0 Å². The van der Waals surface area contributed by atoms with Crippen molar-refractivity contribution in [1.82, 2.24) is 5.32 Å². The third kappa shape index (κ3) is 6.53. The van der Waals surface area contributed by atoms with E-state index >= 15 is 9.90 Å². The number of carbonyl (C=O) groups excluding carboxylic acids is 1. The summed E-state index contributed by atoms with van der Waals surface area (Å²) in [6, 6.07) is 22.0. The number of hydrogen-bond acceptors (Lipinski definition) is 10. The van der Waals surface area contributed by atoms with Crippen molar-refractivity contribution in [2.45, 2.75) is 205 Å². The largest absolute Gasteiger partial charge is 0.504 e. The molecular weight excluding hydrogens is 1140 g/mol. The highest BCUT2D eigenvalue weighted by Crippen LogP contribution is 2.86. The molecule has 10 nitrogen and oxygen atoms in total. The van der Waals surface area contributed by atoms with Crippen molar-refractivity contribution in [2.24, 2.45) is 63.6 Å². The highest BCUT2D eigenvalue weighted by Gasteiger charge is 2.84. The van der Waals surface area contributed by atoms with Crippen LogP contribution in [0.25, 0.3) is 0 Å². The maximum Gasteiger partial charge on any atom is 0.160 e. The molecular formula is C82H85NO9. The van der Waals surface area contributed by atoms with E-state index in [1.165, 1.54) is 23.8 Å². The molecule has 0 amide bonds. The zero-order chi connectivity index (χ0) is 62.0. The van der Waals surface area contributed by atoms with E-state index in [0.29, 0.717) is 62.0 Å². The van der Waals surface area contributed by atoms with Crippen LogP contribution in [-0.2, 0) is 40.5 Å². The fourth-order valence-corrected chi connectivity index (χ4v) is 27.4. The fourth-order valence-electron chi connectivity index (χ4n) is 27.4. The summed E-state index contributed by atoms with van der Waals surface area (Å²) in [5.41, 5.74) is 6.97. The summed E-state index contributed by atoms with van der Waals surface area (Å²) >= 11 is 0. The van der Waals surface area contributed by atoms with E-state index in [1.807, 2.05) is 30.3 Å². The molecule has 17 aliphatic carbocycles. The average molecular weight is 1230 g/mol. The van der Waals surface area contributed by atoms with Gasteiger partial charge in [-0.1, -0.05) is 122 Å². The van der Waals surface area contributed by atoms with Crippen molar-refractivity contribution in [1.29, 1.82) is 0 Å². The van der Waals surface area contributed by atoms with Gasteiger partial charge in [0.25, 0.3) is 0 Å². The molecule has 8 N–H and O–H groups in total. The zero-order valence-corrected chi connectivity index (χ0v) is 52.8. The topological polar surface area (TPSA) is 180 Å². The van der Waals surface area contributed by atoms with E-state index in [0.717, 1.165) is 122 Å². The molecule has 6 saturated carbocycles. The highest BCUT2D eigenvalue weighted by atomic mass is 16.5. The van der Waals surface area contributed by atoms with Gasteiger partial charge in [0.15, 0.2) is 23.0 Å². The average Bonchev–Trinajstić information content (AvgIpc) is 0.964. The van der Waals surface area contributed by atoms with Crippen LogP contribution in [-0.4, -0.2) is 78.0 Å². The van der Waals surface area contributed by atoms with Gasteiger partial charge >= 0.3 is 0 Å². The Hall–Kier alpha value is -6.37. The van der Waals surface area contributed by atoms with Gasteiger partial charge in [-0.2, -0.15) is 0 Å². The first-order chi connectivity index (χ1) is 44.6. The summed E-state index contributed by atoms with van der Waals surface area (Å²) in [7, 11) is 1.53. The van der Waals surface area contributed by atoms with E-state index in [-0.39, 0.29) is 75.1 Å². The van der Waals surface area contributed by atoms with Crippen LogP contribution < -0.4 is 10.1 Å². The highest BCUT2D eigenvalue weighted by molar-refractivity contribution is 5.86. The molecule has 4 aromatic carbocycles. The quantitative estimate of drug-likeness (QED) is 0.0545. The number of piperidine rings is 1. The van der Waals surface area contributed by atoms with Crippen molar-refractivity contribution >= 4 is 5.78 Å². The molecule has 92 heavy (non-hydrogen) atoms. The molecule has 7 spiro atoms. The Kier molecular flexibility index (Phi) is 11.3. The van der Waals surface area contributed by atoms with Crippen molar-refractivity contribution in [3.63, 3.8) is 0 Å². The van der Waals surface area contributed by atoms with Crippen LogP contribution in [0.3, 0.4) is 0 Å². The molecule has 22 rings (SSSR count). The van der Waals surface area contributed by atoms with Gasteiger partial charge in [-0.15, -0.1) is 5.92 Å². The summed E-state index contributed by atoms with van der Waals surface area (Å²) in [5.74, 6) is 12.0. The lowest BCUT2D eigenvalue weighted by Crippen LogP contribution is -2.87. The van der Waals surface area contributed by atoms with E-state index in [9.17, 15) is 30.6 Å². The number of aromatic hydroxyl groups is 3. The Balaban J connectivity index is 0.952. The number of aliphatic hydroxyl groups is 4. The van der Waals surface area contributed by atoms with Crippen molar-refractivity contribution < 1.29 is 45.3 Å². The number of benzene rings is 4. The Morgan fingerprint density at radius 3 is 2.48 bits per heavy atom. The van der Waals surface area contributed by atoms with Gasteiger partial charge in [0.05, 0.1) is 37.4 Å². The van der Waals surface area contributed by atoms with Gasteiger partial charge in [0, 0.05) is 76.2 Å².